The van der Waals surface area contributed by atoms with Crippen LogP contribution in [0.2, 0.25) is 0 Å². The van der Waals surface area contributed by atoms with Crippen LogP contribution in [-0.4, -0.2) is 29.4 Å². The third-order valence-electron chi connectivity index (χ3n) is 3.13. The Bertz CT molecular complexity index is 277. The summed E-state index contributed by atoms with van der Waals surface area (Å²) in [5.41, 5.74) is 5.08. The van der Waals surface area contributed by atoms with Gasteiger partial charge in [0.05, 0.1) is 6.54 Å². The molecular formula is C12H23N3OS. The number of thioether (sulfide) groups is 1. The zero-order valence-corrected chi connectivity index (χ0v) is 11.6. The van der Waals surface area contributed by atoms with Gasteiger partial charge < -0.3 is 11.1 Å². The van der Waals surface area contributed by atoms with Crippen LogP contribution in [0.4, 0.5) is 0 Å². The average Bonchev–Trinajstić information content (AvgIpc) is 2.75. The summed E-state index contributed by atoms with van der Waals surface area (Å²) < 4.78 is 0. The Labute approximate surface area is 108 Å². The van der Waals surface area contributed by atoms with Gasteiger partial charge in [0.15, 0.2) is 5.17 Å². The lowest BCUT2D eigenvalue weighted by Gasteiger charge is -2.18. The van der Waals surface area contributed by atoms with Gasteiger partial charge >= 0.3 is 0 Å². The van der Waals surface area contributed by atoms with Gasteiger partial charge in [-0.3, -0.25) is 9.79 Å². The third kappa shape index (κ3) is 4.98. The van der Waals surface area contributed by atoms with Crippen LogP contribution in [0.3, 0.4) is 0 Å². The van der Waals surface area contributed by atoms with Crippen LogP contribution in [-0.2, 0) is 4.79 Å². The Morgan fingerprint density at radius 2 is 2.29 bits per heavy atom. The molecule has 4 nitrogen and oxygen atoms in total. The number of rotatable bonds is 7. The van der Waals surface area contributed by atoms with Crippen LogP contribution in [0.15, 0.2) is 4.99 Å². The second kappa shape index (κ2) is 7.58. The number of hydrogen-bond donors (Lipinski definition) is 2. The first-order valence-corrected chi connectivity index (χ1v) is 7.28. The molecule has 0 aliphatic carbocycles. The van der Waals surface area contributed by atoms with Crippen molar-refractivity contribution in [2.75, 3.05) is 13.1 Å². The largest absolute Gasteiger partial charge is 0.370 e. The Morgan fingerprint density at radius 1 is 1.59 bits per heavy atom. The molecule has 1 unspecified atom stereocenters. The first kappa shape index (κ1) is 14.4. The summed E-state index contributed by atoms with van der Waals surface area (Å²) in [6, 6.07) is 0. The molecule has 0 saturated carbocycles. The van der Waals surface area contributed by atoms with Gasteiger partial charge in [-0.05, 0) is 12.3 Å². The summed E-state index contributed by atoms with van der Waals surface area (Å²) in [7, 11) is 0. The number of primary amides is 1. The first-order valence-electron chi connectivity index (χ1n) is 6.40. The van der Waals surface area contributed by atoms with Gasteiger partial charge in [0, 0.05) is 18.2 Å². The first-order chi connectivity index (χ1) is 8.17. The predicted molar refractivity (Wildman–Crippen MR) is 74.2 cm³/mol. The van der Waals surface area contributed by atoms with E-state index >= 15 is 0 Å². The number of carbonyl (C=O) groups is 1. The molecule has 0 aromatic heterocycles. The molecule has 98 valence electrons. The SMILES string of the molecule is CCC(CC)C1CN=C(NCCCC(N)=O)S1. The van der Waals surface area contributed by atoms with Gasteiger partial charge in [0.1, 0.15) is 0 Å². The molecule has 1 atom stereocenters. The van der Waals surface area contributed by atoms with E-state index in [1.165, 1.54) is 12.8 Å². The number of amidine groups is 1. The zero-order valence-electron chi connectivity index (χ0n) is 10.7. The number of hydrogen-bond acceptors (Lipinski definition) is 4. The summed E-state index contributed by atoms with van der Waals surface area (Å²) in [4.78, 5) is 15.1. The zero-order chi connectivity index (χ0) is 12.7. The lowest BCUT2D eigenvalue weighted by atomic mass is 9.99. The molecule has 0 radical (unpaired) electrons. The van der Waals surface area contributed by atoms with Crippen LogP contribution in [0.5, 0.6) is 0 Å². The van der Waals surface area contributed by atoms with Crippen LogP contribution >= 0.6 is 11.8 Å². The second-order valence-electron chi connectivity index (χ2n) is 4.38. The molecule has 0 aromatic rings. The van der Waals surface area contributed by atoms with E-state index in [1.807, 2.05) is 11.8 Å². The predicted octanol–water partition coefficient (Wildman–Crippen LogP) is 1.75. The van der Waals surface area contributed by atoms with E-state index in [4.69, 9.17) is 5.73 Å². The van der Waals surface area contributed by atoms with E-state index in [0.29, 0.717) is 11.7 Å². The fraction of sp³-hybridized carbons (Fsp3) is 0.833. The van der Waals surface area contributed by atoms with E-state index in [2.05, 4.69) is 24.2 Å². The minimum Gasteiger partial charge on any atom is -0.370 e. The number of nitrogens with two attached hydrogens (primary N) is 1. The topological polar surface area (TPSA) is 67.5 Å². The molecule has 0 spiro atoms. The van der Waals surface area contributed by atoms with Gasteiger partial charge in [-0.25, -0.2) is 0 Å². The molecule has 1 heterocycles. The van der Waals surface area contributed by atoms with E-state index in [9.17, 15) is 4.79 Å². The fourth-order valence-corrected chi connectivity index (χ4v) is 3.35. The monoisotopic (exact) mass is 257 g/mol. The maximum absolute atomic E-state index is 10.6. The Morgan fingerprint density at radius 3 is 2.88 bits per heavy atom. The highest BCUT2D eigenvalue weighted by atomic mass is 32.2. The van der Waals surface area contributed by atoms with Crippen LogP contribution in [0, 0.1) is 5.92 Å². The van der Waals surface area contributed by atoms with Crippen LogP contribution in [0.1, 0.15) is 39.5 Å². The molecule has 17 heavy (non-hydrogen) atoms. The van der Waals surface area contributed by atoms with E-state index in [0.717, 1.165) is 30.6 Å². The van der Waals surface area contributed by atoms with Crippen molar-refractivity contribution in [3.63, 3.8) is 0 Å². The maximum atomic E-state index is 10.6. The summed E-state index contributed by atoms with van der Waals surface area (Å²) in [6.45, 7) is 6.19. The number of carbonyl (C=O) groups excluding carboxylic acids is 1. The number of nitrogens with zero attached hydrogens (tertiary/aromatic N) is 1. The van der Waals surface area contributed by atoms with Crippen molar-refractivity contribution in [3.05, 3.63) is 0 Å². The number of aliphatic imine (C=N–C) groups is 1. The van der Waals surface area contributed by atoms with Crippen molar-refractivity contribution in [1.29, 1.82) is 0 Å². The van der Waals surface area contributed by atoms with Gasteiger partial charge in [0.25, 0.3) is 0 Å². The lowest BCUT2D eigenvalue weighted by molar-refractivity contribution is -0.118. The molecule has 1 amide bonds. The Kier molecular flexibility index (Phi) is 6.40. The van der Waals surface area contributed by atoms with Gasteiger partial charge in [-0.1, -0.05) is 38.5 Å². The van der Waals surface area contributed by atoms with Crippen molar-refractivity contribution in [3.8, 4) is 0 Å². The van der Waals surface area contributed by atoms with Crippen molar-refractivity contribution in [1.82, 2.24) is 5.32 Å². The molecule has 3 N–H and O–H groups in total. The maximum Gasteiger partial charge on any atom is 0.217 e. The normalized spacial score (nSPS) is 19.5. The van der Waals surface area contributed by atoms with Gasteiger partial charge in [-0.15, -0.1) is 0 Å². The molecule has 0 bridgehead atoms. The summed E-state index contributed by atoms with van der Waals surface area (Å²) in [5, 5.41) is 4.94. The standard InChI is InChI=1S/C12H23N3OS/c1-3-9(4-2)10-8-15-12(17-10)14-7-5-6-11(13)16/h9-10H,3-8H2,1-2H3,(H2,13,16)(H,14,15). The summed E-state index contributed by atoms with van der Waals surface area (Å²) in [6.07, 6.45) is 3.67. The average molecular weight is 257 g/mol. The van der Waals surface area contributed by atoms with Crippen LogP contribution < -0.4 is 11.1 Å². The quantitative estimate of drug-likeness (QED) is 0.683. The van der Waals surface area contributed by atoms with Crippen molar-refractivity contribution < 1.29 is 4.79 Å². The highest BCUT2D eigenvalue weighted by Gasteiger charge is 2.25. The van der Waals surface area contributed by atoms with E-state index in [1.54, 1.807) is 0 Å². The minimum absolute atomic E-state index is 0.234. The minimum atomic E-state index is -0.234. The van der Waals surface area contributed by atoms with E-state index in [-0.39, 0.29) is 5.91 Å². The summed E-state index contributed by atoms with van der Waals surface area (Å²) in [5.74, 6) is 0.524. The molecular weight excluding hydrogens is 234 g/mol. The van der Waals surface area contributed by atoms with Crippen molar-refractivity contribution in [2.24, 2.45) is 16.6 Å². The molecule has 1 aliphatic rings. The van der Waals surface area contributed by atoms with Gasteiger partial charge in [0.2, 0.25) is 5.91 Å². The lowest BCUT2D eigenvalue weighted by Crippen LogP contribution is -2.23. The van der Waals surface area contributed by atoms with Crippen molar-refractivity contribution in [2.45, 2.75) is 44.8 Å². The van der Waals surface area contributed by atoms with E-state index < -0.39 is 0 Å². The molecule has 1 aliphatic heterocycles. The highest BCUT2D eigenvalue weighted by Crippen LogP contribution is 2.30. The molecule has 0 fully saturated rings. The second-order valence-corrected chi connectivity index (χ2v) is 5.60. The third-order valence-corrected chi connectivity index (χ3v) is 4.46. The van der Waals surface area contributed by atoms with Gasteiger partial charge in [-0.2, -0.15) is 0 Å². The number of nitrogens with one attached hydrogen (secondary N) is 1. The smallest absolute Gasteiger partial charge is 0.217 e. The highest BCUT2D eigenvalue weighted by molar-refractivity contribution is 8.14. The molecule has 0 saturated heterocycles. The Balaban J connectivity index is 2.18. The molecule has 5 heteroatoms. The summed E-state index contributed by atoms with van der Waals surface area (Å²) >= 11 is 1.85. The number of amides is 1. The fourth-order valence-electron chi connectivity index (χ4n) is 2.01. The molecule has 1 rings (SSSR count). The molecule has 0 aromatic carbocycles. The van der Waals surface area contributed by atoms with Crippen molar-refractivity contribution >= 4 is 22.8 Å². The van der Waals surface area contributed by atoms with Crippen LogP contribution in [0.25, 0.3) is 0 Å². The Hall–Kier alpha value is -0.710.